The number of ether oxygens (including phenoxy) is 2. The normalized spacial score (nSPS) is 12.6. The lowest BCUT2D eigenvalue weighted by Gasteiger charge is -2.15. The fourth-order valence-electron chi connectivity index (χ4n) is 8.42. The van der Waals surface area contributed by atoms with E-state index >= 15 is 0 Å². The van der Waals surface area contributed by atoms with Crippen LogP contribution in [-0.2, 0) is 19.1 Å². The fourth-order valence-corrected chi connectivity index (χ4v) is 8.42. The quantitative estimate of drug-likeness (QED) is 0.0374. The highest BCUT2D eigenvalue weighted by molar-refractivity contribution is 5.70. The number of carbonyl (C=O) groups excluding carboxylic acids is 2. The van der Waals surface area contributed by atoms with Gasteiger partial charge in [-0.05, 0) is 83.5 Å². The summed E-state index contributed by atoms with van der Waals surface area (Å²) in [5, 5.41) is 9.66. The Kier molecular flexibility index (Phi) is 54.9. The number of aliphatic hydroxyl groups excluding tert-OH is 1. The zero-order chi connectivity index (χ0) is 47.7. The van der Waals surface area contributed by atoms with Crippen molar-refractivity contribution in [2.75, 3.05) is 13.2 Å². The first-order chi connectivity index (χ1) is 32.6. The number of rotatable bonds is 53. The van der Waals surface area contributed by atoms with Crippen molar-refractivity contribution >= 4 is 11.9 Å². The van der Waals surface area contributed by atoms with Crippen molar-refractivity contribution < 1.29 is 24.2 Å². The van der Waals surface area contributed by atoms with Crippen molar-refractivity contribution in [1.29, 1.82) is 0 Å². The molecule has 0 fully saturated rings. The predicted molar refractivity (Wildman–Crippen MR) is 288 cm³/mol. The molecule has 0 aromatic carbocycles. The first-order valence-corrected chi connectivity index (χ1v) is 28.8. The lowest BCUT2D eigenvalue weighted by atomic mass is 10.0. The van der Waals surface area contributed by atoms with E-state index in [1.807, 2.05) is 0 Å². The topological polar surface area (TPSA) is 72.8 Å². The predicted octanol–water partition coefficient (Wildman–Crippen LogP) is 19.4. The minimum absolute atomic E-state index is 0.0663. The van der Waals surface area contributed by atoms with Crippen LogP contribution >= 0.6 is 0 Å². The lowest BCUT2D eigenvalue weighted by Crippen LogP contribution is -2.28. The molecule has 0 heterocycles. The Morgan fingerprint density at radius 3 is 0.909 bits per heavy atom. The molecule has 0 aromatic heterocycles. The molecule has 0 spiro atoms. The molecule has 0 radical (unpaired) electrons. The zero-order valence-electron chi connectivity index (χ0n) is 44.0. The molecule has 5 nitrogen and oxygen atoms in total. The molecule has 1 N–H and O–H groups in total. The smallest absolute Gasteiger partial charge is 0.306 e. The van der Waals surface area contributed by atoms with Gasteiger partial charge in [-0.1, -0.05) is 261 Å². The molecule has 66 heavy (non-hydrogen) atoms. The van der Waals surface area contributed by atoms with Gasteiger partial charge in [0.05, 0.1) is 6.61 Å². The van der Waals surface area contributed by atoms with Gasteiger partial charge >= 0.3 is 11.9 Å². The minimum Gasteiger partial charge on any atom is -0.462 e. The van der Waals surface area contributed by atoms with Crippen LogP contribution in [-0.4, -0.2) is 36.4 Å². The first kappa shape index (κ1) is 63.6. The van der Waals surface area contributed by atoms with Crippen LogP contribution < -0.4 is 0 Å². The zero-order valence-corrected chi connectivity index (χ0v) is 44.0. The van der Waals surface area contributed by atoms with Crippen molar-refractivity contribution in [3.05, 3.63) is 60.8 Å². The number of hydrogen-bond donors (Lipinski definition) is 1. The van der Waals surface area contributed by atoms with Gasteiger partial charge < -0.3 is 14.6 Å². The molecular formula is C61H110O5. The number of aliphatic hydroxyl groups is 1. The highest BCUT2D eigenvalue weighted by Gasteiger charge is 2.16. The van der Waals surface area contributed by atoms with Crippen LogP contribution in [0.25, 0.3) is 0 Å². The largest absolute Gasteiger partial charge is 0.462 e. The van der Waals surface area contributed by atoms with Crippen molar-refractivity contribution in [2.45, 2.75) is 302 Å². The summed E-state index contributed by atoms with van der Waals surface area (Å²) in [6.45, 7) is 4.15. The van der Waals surface area contributed by atoms with Gasteiger partial charge in [0.25, 0.3) is 0 Å². The highest BCUT2D eigenvalue weighted by atomic mass is 16.6. The Morgan fingerprint density at radius 2 is 0.606 bits per heavy atom. The van der Waals surface area contributed by atoms with E-state index in [0.29, 0.717) is 12.8 Å². The Hall–Kier alpha value is -2.40. The lowest BCUT2D eigenvalue weighted by molar-refractivity contribution is -0.161. The second-order valence-corrected chi connectivity index (χ2v) is 19.4. The monoisotopic (exact) mass is 923 g/mol. The van der Waals surface area contributed by atoms with Crippen molar-refractivity contribution in [3.8, 4) is 0 Å². The molecule has 0 aromatic rings. The summed E-state index contributed by atoms with van der Waals surface area (Å²) < 4.78 is 10.7. The molecule has 0 aliphatic heterocycles. The molecule has 384 valence electrons. The molecule has 0 saturated heterocycles. The van der Waals surface area contributed by atoms with Gasteiger partial charge in [-0.15, -0.1) is 0 Å². The Balaban J connectivity index is 3.48. The standard InChI is InChI=1S/C61H110O5/c1-3-5-7-9-11-13-15-17-19-21-23-25-27-29-30-32-34-36-38-40-42-44-46-48-50-52-54-56-61(64)66-59(57-62)58-65-60(63)55-53-51-49-47-45-43-41-39-37-35-33-31-28-26-24-22-20-18-16-14-12-10-8-6-4-2/h15-18,21-24,27,29,59,62H,3-14,19-20,25-26,28,30-58H2,1-2H3/b17-15-,18-16-,23-21-,24-22-,29-27-. The maximum Gasteiger partial charge on any atom is 0.306 e. The molecule has 0 bridgehead atoms. The third-order valence-corrected chi connectivity index (χ3v) is 12.8. The van der Waals surface area contributed by atoms with E-state index in [-0.39, 0.29) is 25.2 Å². The van der Waals surface area contributed by atoms with Gasteiger partial charge in [-0.2, -0.15) is 0 Å². The van der Waals surface area contributed by atoms with Crippen molar-refractivity contribution in [2.24, 2.45) is 0 Å². The third-order valence-electron chi connectivity index (χ3n) is 12.8. The molecule has 0 saturated carbocycles. The van der Waals surface area contributed by atoms with E-state index in [1.54, 1.807) is 0 Å². The second-order valence-electron chi connectivity index (χ2n) is 19.4. The Labute approximate surface area is 411 Å². The molecule has 1 atom stereocenters. The molecule has 0 aliphatic carbocycles. The van der Waals surface area contributed by atoms with E-state index in [9.17, 15) is 14.7 Å². The van der Waals surface area contributed by atoms with E-state index in [0.717, 1.165) is 57.8 Å². The maximum atomic E-state index is 12.3. The van der Waals surface area contributed by atoms with E-state index < -0.39 is 6.10 Å². The molecule has 0 amide bonds. The number of unbranched alkanes of at least 4 members (excludes halogenated alkanes) is 35. The van der Waals surface area contributed by atoms with Gasteiger partial charge in [0.2, 0.25) is 0 Å². The first-order valence-electron chi connectivity index (χ1n) is 28.8. The van der Waals surface area contributed by atoms with E-state index in [2.05, 4.69) is 74.6 Å². The summed E-state index contributed by atoms with van der Waals surface area (Å²) in [5.41, 5.74) is 0. The van der Waals surface area contributed by atoms with E-state index in [4.69, 9.17) is 9.47 Å². The fraction of sp³-hybridized carbons (Fsp3) is 0.803. The molecule has 0 aliphatic rings. The summed E-state index contributed by atoms with van der Waals surface area (Å²) in [4.78, 5) is 24.5. The van der Waals surface area contributed by atoms with Crippen LogP contribution in [0, 0.1) is 0 Å². The van der Waals surface area contributed by atoms with Gasteiger partial charge in [0, 0.05) is 12.8 Å². The van der Waals surface area contributed by atoms with Gasteiger partial charge in [-0.3, -0.25) is 9.59 Å². The average Bonchev–Trinajstić information content (AvgIpc) is 3.32. The number of carbonyl (C=O) groups is 2. The van der Waals surface area contributed by atoms with Crippen LogP contribution in [0.5, 0.6) is 0 Å². The molecule has 5 heteroatoms. The summed E-state index contributed by atoms with van der Waals surface area (Å²) in [5.74, 6) is -0.584. The van der Waals surface area contributed by atoms with Crippen LogP contribution in [0.4, 0.5) is 0 Å². The SMILES string of the molecule is CCCCCCC/C=C\C/C=C\C/C=C\CCCCCCCCCCCCCCC(=O)OC(CO)COC(=O)CCCCCCCCCCCCCCC/C=C\C/C=C\CCCCCCC. The summed E-state index contributed by atoms with van der Waals surface area (Å²) >= 11 is 0. The van der Waals surface area contributed by atoms with Gasteiger partial charge in [-0.25, -0.2) is 0 Å². The third kappa shape index (κ3) is 54.2. The second kappa shape index (κ2) is 56.9. The van der Waals surface area contributed by atoms with Crippen LogP contribution in [0.3, 0.4) is 0 Å². The number of allylic oxidation sites excluding steroid dienone is 10. The van der Waals surface area contributed by atoms with Crippen molar-refractivity contribution in [1.82, 2.24) is 0 Å². The molecule has 1 unspecified atom stereocenters. The van der Waals surface area contributed by atoms with Gasteiger partial charge in [0.15, 0.2) is 6.10 Å². The average molecular weight is 924 g/mol. The Morgan fingerprint density at radius 1 is 0.348 bits per heavy atom. The Bertz CT molecular complexity index is 1130. The minimum atomic E-state index is -0.775. The number of esters is 2. The summed E-state index contributed by atoms with van der Waals surface area (Å²) in [6, 6.07) is 0. The molecule has 0 rings (SSSR count). The van der Waals surface area contributed by atoms with E-state index in [1.165, 1.54) is 212 Å². The summed E-state index contributed by atoms with van der Waals surface area (Å²) in [7, 11) is 0. The summed E-state index contributed by atoms with van der Waals surface area (Å²) in [6.07, 6.45) is 76.2. The van der Waals surface area contributed by atoms with Gasteiger partial charge in [0.1, 0.15) is 6.61 Å². The number of hydrogen-bond acceptors (Lipinski definition) is 5. The highest BCUT2D eigenvalue weighted by Crippen LogP contribution is 2.16. The molecular weight excluding hydrogens is 813 g/mol. The maximum absolute atomic E-state index is 12.3. The van der Waals surface area contributed by atoms with Crippen molar-refractivity contribution in [3.63, 3.8) is 0 Å². The van der Waals surface area contributed by atoms with Crippen LogP contribution in [0.15, 0.2) is 60.8 Å². The van der Waals surface area contributed by atoms with Crippen LogP contribution in [0.2, 0.25) is 0 Å². The van der Waals surface area contributed by atoms with Crippen LogP contribution in [0.1, 0.15) is 296 Å².